The SMILES string of the molecule is COCc1ccccc1CNC(=O)CN(C1CC1)C(C)c1cccc(C(F)(F)F)c1. The molecule has 4 nitrogen and oxygen atoms in total. The zero-order chi connectivity index (χ0) is 21.7. The number of hydrogen-bond acceptors (Lipinski definition) is 3. The van der Waals surface area contributed by atoms with Gasteiger partial charge in [0.2, 0.25) is 5.91 Å². The molecule has 1 atom stereocenters. The van der Waals surface area contributed by atoms with E-state index < -0.39 is 11.7 Å². The fourth-order valence-electron chi connectivity index (χ4n) is 3.60. The topological polar surface area (TPSA) is 41.6 Å². The van der Waals surface area contributed by atoms with Gasteiger partial charge < -0.3 is 10.1 Å². The molecule has 0 heterocycles. The fraction of sp³-hybridized carbons (Fsp3) is 0.435. The Bertz CT molecular complexity index is 866. The Kier molecular flexibility index (Phi) is 7.15. The molecule has 0 aliphatic heterocycles. The van der Waals surface area contributed by atoms with Crippen molar-refractivity contribution in [3.8, 4) is 0 Å². The normalized spacial score (nSPS) is 15.3. The number of nitrogens with zero attached hydrogens (tertiary/aromatic N) is 1. The maximum atomic E-state index is 13.1. The van der Waals surface area contributed by atoms with Gasteiger partial charge in [-0.05, 0) is 48.6 Å². The molecule has 2 aromatic rings. The Morgan fingerprint density at radius 2 is 1.87 bits per heavy atom. The van der Waals surface area contributed by atoms with E-state index in [1.54, 1.807) is 13.2 Å². The first-order valence-electron chi connectivity index (χ1n) is 10.0. The minimum atomic E-state index is -4.38. The minimum absolute atomic E-state index is 0.145. The molecule has 2 aromatic carbocycles. The van der Waals surface area contributed by atoms with Crippen molar-refractivity contribution >= 4 is 5.91 Å². The van der Waals surface area contributed by atoms with Crippen LogP contribution in [0.3, 0.4) is 0 Å². The minimum Gasteiger partial charge on any atom is -0.380 e. The lowest BCUT2D eigenvalue weighted by Crippen LogP contribution is -2.39. The number of methoxy groups -OCH3 is 1. The van der Waals surface area contributed by atoms with Crippen molar-refractivity contribution in [3.05, 3.63) is 70.8 Å². The lowest BCUT2D eigenvalue weighted by Gasteiger charge is -2.29. The molecule has 1 amide bonds. The Labute approximate surface area is 175 Å². The van der Waals surface area contributed by atoms with E-state index in [0.717, 1.165) is 30.0 Å². The molecule has 1 aliphatic carbocycles. The first-order valence-corrected chi connectivity index (χ1v) is 10.0. The highest BCUT2D eigenvalue weighted by molar-refractivity contribution is 5.78. The highest BCUT2D eigenvalue weighted by atomic mass is 19.4. The van der Waals surface area contributed by atoms with Crippen LogP contribution in [0.2, 0.25) is 0 Å². The molecule has 30 heavy (non-hydrogen) atoms. The van der Waals surface area contributed by atoms with Gasteiger partial charge in [-0.1, -0.05) is 36.4 Å². The molecule has 1 saturated carbocycles. The monoisotopic (exact) mass is 420 g/mol. The Morgan fingerprint density at radius 3 is 2.50 bits per heavy atom. The third-order valence-electron chi connectivity index (χ3n) is 5.43. The Morgan fingerprint density at radius 1 is 1.17 bits per heavy atom. The summed E-state index contributed by atoms with van der Waals surface area (Å²) >= 11 is 0. The first-order chi connectivity index (χ1) is 14.3. The third-order valence-corrected chi connectivity index (χ3v) is 5.43. The van der Waals surface area contributed by atoms with E-state index in [-0.39, 0.29) is 24.5 Å². The Balaban J connectivity index is 1.65. The van der Waals surface area contributed by atoms with E-state index in [2.05, 4.69) is 5.32 Å². The Hall–Kier alpha value is -2.38. The molecule has 0 radical (unpaired) electrons. The summed E-state index contributed by atoms with van der Waals surface area (Å²) in [6.07, 6.45) is -2.48. The summed E-state index contributed by atoms with van der Waals surface area (Å²) in [4.78, 5) is 14.6. The quantitative estimate of drug-likeness (QED) is 0.640. The number of benzene rings is 2. The molecule has 162 valence electrons. The summed E-state index contributed by atoms with van der Waals surface area (Å²) in [6, 6.07) is 13.0. The predicted molar refractivity (Wildman–Crippen MR) is 109 cm³/mol. The molecule has 3 rings (SSSR count). The number of carbonyl (C=O) groups is 1. The summed E-state index contributed by atoms with van der Waals surface area (Å²) in [5.41, 5.74) is 1.89. The van der Waals surface area contributed by atoms with Crippen molar-refractivity contribution in [1.82, 2.24) is 10.2 Å². The lowest BCUT2D eigenvalue weighted by molar-refractivity contribution is -0.137. The van der Waals surface area contributed by atoms with Crippen LogP contribution in [0.15, 0.2) is 48.5 Å². The van der Waals surface area contributed by atoms with Gasteiger partial charge in [-0.15, -0.1) is 0 Å². The van der Waals surface area contributed by atoms with Crippen LogP contribution in [-0.4, -0.2) is 30.5 Å². The van der Waals surface area contributed by atoms with Crippen LogP contribution >= 0.6 is 0 Å². The summed E-state index contributed by atoms with van der Waals surface area (Å²) in [5.74, 6) is -0.145. The molecule has 1 aliphatic rings. The van der Waals surface area contributed by atoms with Gasteiger partial charge in [0, 0.05) is 25.7 Å². The van der Waals surface area contributed by atoms with Gasteiger partial charge in [0.1, 0.15) is 0 Å². The van der Waals surface area contributed by atoms with E-state index in [1.165, 1.54) is 12.1 Å². The maximum Gasteiger partial charge on any atom is 0.416 e. The number of ether oxygens (including phenoxy) is 1. The second-order valence-electron chi connectivity index (χ2n) is 7.68. The van der Waals surface area contributed by atoms with Crippen molar-refractivity contribution < 1.29 is 22.7 Å². The highest BCUT2D eigenvalue weighted by Gasteiger charge is 2.35. The van der Waals surface area contributed by atoms with Crippen molar-refractivity contribution in [2.75, 3.05) is 13.7 Å². The van der Waals surface area contributed by atoms with Crippen molar-refractivity contribution in [2.24, 2.45) is 0 Å². The fourth-order valence-corrected chi connectivity index (χ4v) is 3.60. The molecule has 0 saturated heterocycles. The average molecular weight is 420 g/mol. The lowest BCUT2D eigenvalue weighted by atomic mass is 10.0. The number of nitrogens with one attached hydrogen (secondary N) is 1. The van der Waals surface area contributed by atoms with E-state index in [1.807, 2.05) is 36.1 Å². The van der Waals surface area contributed by atoms with Gasteiger partial charge in [0.15, 0.2) is 0 Å². The van der Waals surface area contributed by atoms with E-state index in [4.69, 9.17) is 4.74 Å². The van der Waals surface area contributed by atoms with Crippen LogP contribution < -0.4 is 5.32 Å². The standard InChI is InChI=1S/C23H27F3N2O2/c1-16(17-8-5-9-20(12-17)23(24,25)26)28(21-10-11-21)14-22(29)27-13-18-6-3-4-7-19(18)15-30-2/h3-9,12,16,21H,10-11,13-15H2,1-2H3,(H,27,29). The van der Waals surface area contributed by atoms with Crippen LogP contribution in [0.1, 0.15) is 48.1 Å². The van der Waals surface area contributed by atoms with Gasteiger partial charge in [-0.25, -0.2) is 0 Å². The predicted octanol–water partition coefficient (Wildman–Crippen LogP) is 4.69. The van der Waals surface area contributed by atoms with Crippen LogP contribution in [-0.2, 0) is 28.9 Å². The molecule has 1 N–H and O–H groups in total. The largest absolute Gasteiger partial charge is 0.416 e. The van der Waals surface area contributed by atoms with E-state index in [0.29, 0.717) is 18.7 Å². The number of halogens is 3. The number of carbonyl (C=O) groups excluding carboxylic acids is 1. The number of hydrogen-bond donors (Lipinski definition) is 1. The van der Waals surface area contributed by atoms with Crippen LogP contribution in [0.4, 0.5) is 13.2 Å². The van der Waals surface area contributed by atoms with Gasteiger partial charge in [-0.3, -0.25) is 9.69 Å². The molecular formula is C23H27F3N2O2. The summed E-state index contributed by atoms with van der Waals surface area (Å²) in [6.45, 7) is 2.85. The zero-order valence-corrected chi connectivity index (χ0v) is 17.2. The average Bonchev–Trinajstić information content (AvgIpc) is 3.56. The third kappa shape index (κ3) is 5.83. The molecule has 0 spiro atoms. The molecule has 7 heteroatoms. The van der Waals surface area contributed by atoms with Crippen LogP contribution in [0, 0.1) is 0 Å². The number of alkyl halides is 3. The van der Waals surface area contributed by atoms with E-state index in [9.17, 15) is 18.0 Å². The summed E-state index contributed by atoms with van der Waals surface area (Å²) < 4.78 is 44.4. The maximum absolute atomic E-state index is 13.1. The molecule has 1 unspecified atom stereocenters. The molecule has 0 bridgehead atoms. The van der Waals surface area contributed by atoms with Crippen LogP contribution in [0.25, 0.3) is 0 Å². The van der Waals surface area contributed by atoms with Crippen molar-refractivity contribution in [1.29, 1.82) is 0 Å². The van der Waals surface area contributed by atoms with Crippen molar-refractivity contribution in [3.63, 3.8) is 0 Å². The molecule has 0 aromatic heterocycles. The zero-order valence-electron chi connectivity index (χ0n) is 17.2. The van der Waals surface area contributed by atoms with Gasteiger partial charge in [-0.2, -0.15) is 13.2 Å². The number of amides is 1. The molecular weight excluding hydrogens is 393 g/mol. The van der Waals surface area contributed by atoms with Gasteiger partial charge in [0.25, 0.3) is 0 Å². The van der Waals surface area contributed by atoms with Crippen molar-refractivity contribution in [2.45, 2.75) is 51.2 Å². The second kappa shape index (κ2) is 9.62. The highest BCUT2D eigenvalue weighted by Crippen LogP contribution is 2.36. The first kappa shape index (κ1) is 22.3. The van der Waals surface area contributed by atoms with Crippen LogP contribution in [0.5, 0.6) is 0 Å². The summed E-state index contributed by atoms with van der Waals surface area (Å²) in [7, 11) is 1.62. The smallest absolute Gasteiger partial charge is 0.380 e. The summed E-state index contributed by atoms with van der Waals surface area (Å²) in [5, 5.41) is 2.94. The number of rotatable bonds is 9. The molecule has 1 fully saturated rings. The second-order valence-corrected chi connectivity index (χ2v) is 7.68. The van der Waals surface area contributed by atoms with Gasteiger partial charge in [0.05, 0.1) is 18.7 Å². The van der Waals surface area contributed by atoms with Gasteiger partial charge >= 0.3 is 6.18 Å². The van der Waals surface area contributed by atoms with E-state index >= 15 is 0 Å².